The van der Waals surface area contributed by atoms with Crippen LogP contribution in [0, 0.1) is 0 Å². The van der Waals surface area contributed by atoms with Gasteiger partial charge in [0, 0.05) is 22.1 Å². The average Bonchev–Trinajstić information content (AvgIpc) is 3.16. The molecule has 0 spiro atoms. The summed E-state index contributed by atoms with van der Waals surface area (Å²) in [4.78, 5) is 17.2. The van der Waals surface area contributed by atoms with Gasteiger partial charge in [0.05, 0.1) is 6.54 Å². The molecule has 0 aliphatic rings. The van der Waals surface area contributed by atoms with Crippen molar-refractivity contribution < 1.29 is 13.5 Å². The summed E-state index contributed by atoms with van der Waals surface area (Å²) >= 11 is 1.57. The molecule has 2 atom stereocenters. The van der Waals surface area contributed by atoms with E-state index in [4.69, 9.17) is 4.52 Å². The Bertz CT molecular complexity index is 625. The van der Waals surface area contributed by atoms with Crippen molar-refractivity contribution in [2.24, 2.45) is 0 Å². The maximum absolute atomic E-state index is 12.2. The standard InChI is InChI=1S/C14H19N3O3S2/c1-3-5-12-16-13(20-17-12)9-22(19)10(2)14(18)15-8-11-6-4-7-21-11/h4,6-7,10H,3,5,8-9H2,1-2H3,(H,15,18)/t10-,22-/m0/s1. The van der Waals surface area contributed by atoms with E-state index in [1.54, 1.807) is 18.3 Å². The van der Waals surface area contributed by atoms with Crippen molar-refractivity contribution in [2.75, 3.05) is 0 Å². The van der Waals surface area contributed by atoms with Gasteiger partial charge in [-0.1, -0.05) is 18.1 Å². The molecule has 2 aromatic rings. The van der Waals surface area contributed by atoms with Crippen LogP contribution in [0.5, 0.6) is 0 Å². The number of carbonyl (C=O) groups is 1. The predicted octanol–water partition coefficient (Wildman–Crippen LogP) is 2.04. The number of nitrogens with one attached hydrogen (secondary N) is 1. The van der Waals surface area contributed by atoms with Crippen molar-refractivity contribution in [1.29, 1.82) is 0 Å². The Labute approximate surface area is 135 Å². The lowest BCUT2D eigenvalue weighted by atomic mass is 10.3. The maximum Gasteiger partial charge on any atom is 0.239 e. The lowest BCUT2D eigenvalue weighted by Crippen LogP contribution is -2.35. The molecule has 0 bridgehead atoms. The van der Waals surface area contributed by atoms with Crippen molar-refractivity contribution in [2.45, 2.75) is 44.2 Å². The summed E-state index contributed by atoms with van der Waals surface area (Å²) in [5.74, 6) is 0.800. The molecular weight excluding hydrogens is 322 g/mol. The second-order valence-electron chi connectivity index (χ2n) is 4.82. The van der Waals surface area contributed by atoms with Crippen molar-refractivity contribution in [3.05, 3.63) is 34.1 Å². The zero-order valence-corrected chi connectivity index (χ0v) is 14.2. The average molecular weight is 341 g/mol. The van der Waals surface area contributed by atoms with Crippen LogP contribution in [0.15, 0.2) is 22.0 Å². The molecule has 120 valence electrons. The monoisotopic (exact) mass is 341 g/mol. The molecule has 0 aliphatic heterocycles. The number of aryl methyl sites for hydroxylation is 1. The van der Waals surface area contributed by atoms with Gasteiger partial charge in [0.1, 0.15) is 11.0 Å². The van der Waals surface area contributed by atoms with Crippen LogP contribution in [0.25, 0.3) is 0 Å². The van der Waals surface area contributed by atoms with E-state index in [2.05, 4.69) is 15.5 Å². The van der Waals surface area contributed by atoms with Gasteiger partial charge in [-0.3, -0.25) is 9.00 Å². The molecular formula is C14H19N3O3S2. The number of aromatic nitrogens is 2. The molecule has 0 radical (unpaired) electrons. The van der Waals surface area contributed by atoms with Crippen molar-refractivity contribution >= 4 is 28.0 Å². The van der Waals surface area contributed by atoms with E-state index in [1.807, 2.05) is 24.4 Å². The van der Waals surface area contributed by atoms with Gasteiger partial charge < -0.3 is 9.84 Å². The fourth-order valence-electron chi connectivity index (χ4n) is 1.77. The highest BCUT2D eigenvalue weighted by atomic mass is 32.2. The summed E-state index contributed by atoms with van der Waals surface area (Å²) in [6.07, 6.45) is 1.65. The van der Waals surface area contributed by atoms with Crippen LogP contribution >= 0.6 is 11.3 Å². The first-order valence-electron chi connectivity index (χ1n) is 7.09. The summed E-state index contributed by atoms with van der Waals surface area (Å²) in [6, 6.07) is 3.87. The Morgan fingerprint density at radius 2 is 2.36 bits per heavy atom. The number of nitrogens with zero attached hydrogens (tertiary/aromatic N) is 2. The molecule has 1 N–H and O–H groups in total. The SMILES string of the molecule is CCCc1noc(C[S@](=O)[C@@H](C)C(=O)NCc2cccs2)n1. The first-order valence-corrected chi connectivity index (χ1v) is 9.35. The van der Waals surface area contributed by atoms with Crippen LogP contribution in [0.1, 0.15) is 36.9 Å². The number of hydrogen-bond donors (Lipinski definition) is 1. The Hall–Kier alpha value is -1.54. The summed E-state index contributed by atoms with van der Waals surface area (Å²) < 4.78 is 17.3. The van der Waals surface area contributed by atoms with Crippen LogP contribution in [-0.2, 0) is 34.3 Å². The molecule has 8 heteroatoms. The topological polar surface area (TPSA) is 85.1 Å². The van der Waals surface area contributed by atoms with Crippen molar-refractivity contribution in [1.82, 2.24) is 15.5 Å². The largest absolute Gasteiger partial charge is 0.350 e. The molecule has 2 aromatic heterocycles. The number of thiophene rings is 1. The number of rotatable bonds is 8. The Kier molecular flexibility index (Phi) is 6.26. The zero-order valence-electron chi connectivity index (χ0n) is 12.6. The second kappa shape index (κ2) is 8.19. The molecule has 0 saturated heterocycles. The van der Waals surface area contributed by atoms with E-state index in [0.29, 0.717) is 18.3 Å². The van der Waals surface area contributed by atoms with Gasteiger partial charge in [-0.25, -0.2) is 0 Å². The van der Waals surface area contributed by atoms with Crippen LogP contribution in [0.4, 0.5) is 0 Å². The molecule has 22 heavy (non-hydrogen) atoms. The fourth-order valence-corrected chi connectivity index (χ4v) is 3.35. The van der Waals surface area contributed by atoms with Crippen molar-refractivity contribution in [3.8, 4) is 0 Å². The summed E-state index contributed by atoms with van der Waals surface area (Å²) in [5.41, 5.74) is 0. The predicted molar refractivity (Wildman–Crippen MR) is 85.8 cm³/mol. The minimum Gasteiger partial charge on any atom is -0.350 e. The number of hydrogen-bond acceptors (Lipinski definition) is 6. The maximum atomic E-state index is 12.2. The minimum atomic E-state index is -1.39. The lowest BCUT2D eigenvalue weighted by molar-refractivity contribution is -0.120. The van der Waals surface area contributed by atoms with Crippen LogP contribution in [0.3, 0.4) is 0 Å². The molecule has 6 nitrogen and oxygen atoms in total. The highest BCUT2D eigenvalue weighted by Gasteiger charge is 2.22. The number of carbonyl (C=O) groups excluding carboxylic acids is 1. The molecule has 2 rings (SSSR count). The molecule has 0 aliphatic carbocycles. The molecule has 0 aromatic carbocycles. The Balaban J connectivity index is 1.83. The zero-order chi connectivity index (χ0) is 15.9. The summed E-state index contributed by atoms with van der Waals surface area (Å²) in [6.45, 7) is 4.12. The van der Waals surface area contributed by atoms with Crippen molar-refractivity contribution in [3.63, 3.8) is 0 Å². The molecule has 0 unspecified atom stereocenters. The van der Waals surface area contributed by atoms with Gasteiger partial charge in [-0.15, -0.1) is 11.3 Å². The number of amides is 1. The van der Waals surface area contributed by atoms with Crippen LogP contribution in [0.2, 0.25) is 0 Å². The Morgan fingerprint density at radius 1 is 1.55 bits per heavy atom. The van der Waals surface area contributed by atoms with Gasteiger partial charge in [0.15, 0.2) is 5.82 Å². The highest BCUT2D eigenvalue weighted by Crippen LogP contribution is 2.09. The molecule has 0 saturated carbocycles. The summed E-state index contributed by atoms with van der Waals surface area (Å²) in [5, 5.41) is 7.93. The third-order valence-corrected chi connectivity index (χ3v) is 5.44. The van der Waals surface area contributed by atoms with Gasteiger partial charge >= 0.3 is 0 Å². The van der Waals surface area contributed by atoms with E-state index < -0.39 is 16.0 Å². The van der Waals surface area contributed by atoms with E-state index in [9.17, 15) is 9.00 Å². The van der Waals surface area contributed by atoms with E-state index >= 15 is 0 Å². The van der Waals surface area contributed by atoms with Crippen LogP contribution < -0.4 is 5.32 Å². The third kappa shape index (κ3) is 4.74. The van der Waals surface area contributed by atoms with Gasteiger partial charge in [0.25, 0.3) is 0 Å². The first-order chi connectivity index (χ1) is 10.6. The molecule has 1 amide bonds. The quantitative estimate of drug-likeness (QED) is 0.794. The third-order valence-electron chi connectivity index (χ3n) is 3.03. The van der Waals surface area contributed by atoms with E-state index in [-0.39, 0.29) is 11.7 Å². The van der Waals surface area contributed by atoms with E-state index in [1.165, 1.54) is 0 Å². The smallest absolute Gasteiger partial charge is 0.239 e. The van der Waals surface area contributed by atoms with Crippen LogP contribution in [-0.4, -0.2) is 25.5 Å². The minimum absolute atomic E-state index is 0.101. The second-order valence-corrected chi connectivity index (χ2v) is 7.61. The van der Waals surface area contributed by atoms with Gasteiger partial charge in [0.2, 0.25) is 11.8 Å². The van der Waals surface area contributed by atoms with Gasteiger partial charge in [-0.05, 0) is 24.8 Å². The Morgan fingerprint density at radius 3 is 3.05 bits per heavy atom. The fraction of sp³-hybridized carbons (Fsp3) is 0.500. The van der Waals surface area contributed by atoms with E-state index in [0.717, 1.165) is 17.7 Å². The highest BCUT2D eigenvalue weighted by molar-refractivity contribution is 7.85. The summed E-state index contributed by atoms with van der Waals surface area (Å²) in [7, 11) is -1.39. The van der Waals surface area contributed by atoms with Gasteiger partial charge in [-0.2, -0.15) is 4.98 Å². The first kappa shape index (κ1) is 16.8. The molecule has 0 fully saturated rings. The normalized spacial score (nSPS) is 13.7. The lowest BCUT2D eigenvalue weighted by Gasteiger charge is -2.10. The molecule has 2 heterocycles.